The number of amides is 1. The zero-order valence-corrected chi connectivity index (χ0v) is 15.5. The molecule has 2 heterocycles. The minimum atomic E-state index is -3.59. The lowest BCUT2D eigenvalue weighted by molar-refractivity contribution is -0.124. The van der Waals surface area contributed by atoms with Crippen LogP contribution in [0.1, 0.15) is 31.6 Å². The molecule has 0 aliphatic carbocycles. The summed E-state index contributed by atoms with van der Waals surface area (Å²) in [7, 11) is -3.59. The summed E-state index contributed by atoms with van der Waals surface area (Å²) in [6, 6.07) is 2.98. The highest BCUT2D eigenvalue weighted by atomic mass is 32.2. The Morgan fingerprint density at radius 2 is 2.22 bits per heavy atom. The first-order chi connectivity index (χ1) is 10.9. The van der Waals surface area contributed by atoms with Gasteiger partial charge in [-0.05, 0) is 45.4 Å². The summed E-state index contributed by atoms with van der Waals surface area (Å²) in [6.07, 6.45) is 1.29. The average molecular weight is 360 g/mol. The van der Waals surface area contributed by atoms with Crippen LogP contribution in [0.5, 0.6) is 0 Å². The first-order valence-electron chi connectivity index (χ1n) is 7.95. The molecule has 1 aliphatic heterocycles. The number of hydrogen-bond acceptors (Lipinski definition) is 5. The van der Waals surface area contributed by atoms with Gasteiger partial charge in [0.25, 0.3) is 10.0 Å². The second-order valence-corrected chi connectivity index (χ2v) is 9.25. The molecule has 1 fully saturated rings. The molecule has 1 amide bonds. The van der Waals surface area contributed by atoms with E-state index in [9.17, 15) is 13.2 Å². The second-order valence-electron chi connectivity index (χ2n) is 5.84. The van der Waals surface area contributed by atoms with Crippen molar-refractivity contribution in [1.29, 1.82) is 0 Å². The van der Waals surface area contributed by atoms with Crippen molar-refractivity contribution in [1.82, 2.24) is 14.9 Å². The summed E-state index contributed by atoms with van der Waals surface area (Å²) in [5.74, 6) is -0.205. The Labute approximate surface area is 142 Å². The highest BCUT2D eigenvalue weighted by Crippen LogP contribution is 2.30. The number of nitrogens with one attached hydrogen (secondary N) is 2. The minimum Gasteiger partial charge on any atom is -0.353 e. The summed E-state index contributed by atoms with van der Waals surface area (Å²) < 4.78 is 27.2. The Morgan fingerprint density at radius 3 is 2.83 bits per heavy atom. The van der Waals surface area contributed by atoms with Gasteiger partial charge in [-0.2, -0.15) is 4.31 Å². The lowest BCUT2D eigenvalue weighted by Gasteiger charge is -2.23. The Kier molecular flexibility index (Phi) is 6.19. The van der Waals surface area contributed by atoms with Gasteiger partial charge in [0.05, 0.1) is 0 Å². The van der Waals surface area contributed by atoms with Crippen LogP contribution in [-0.2, 0) is 14.8 Å². The number of nitrogens with zero attached hydrogens (tertiary/aromatic N) is 1. The highest BCUT2D eigenvalue weighted by Gasteiger charge is 2.39. The van der Waals surface area contributed by atoms with Gasteiger partial charge >= 0.3 is 0 Å². The largest absolute Gasteiger partial charge is 0.353 e. The molecule has 1 aliphatic rings. The molecule has 1 aromatic heterocycles. The van der Waals surface area contributed by atoms with Gasteiger partial charge in [0.15, 0.2) is 0 Å². The molecule has 130 valence electrons. The van der Waals surface area contributed by atoms with E-state index in [1.54, 1.807) is 12.1 Å². The van der Waals surface area contributed by atoms with Crippen molar-refractivity contribution >= 4 is 27.3 Å². The number of aryl methyl sites for hydroxylation is 1. The van der Waals surface area contributed by atoms with Crippen LogP contribution in [-0.4, -0.2) is 50.3 Å². The molecule has 2 rings (SSSR count). The lowest BCUT2D eigenvalue weighted by Crippen LogP contribution is -2.48. The van der Waals surface area contributed by atoms with Gasteiger partial charge in [-0.25, -0.2) is 8.42 Å². The van der Waals surface area contributed by atoms with Gasteiger partial charge in [0, 0.05) is 24.0 Å². The Balaban J connectivity index is 2.06. The number of likely N-dealkylation sites (N-methyl/N-ethyl adjacent to an activating group) is 1. The van der Waals surface area contributed by atoms with E-state index in [0.29, 0.717) is 30.1 Å². The van der Waals surface area contributed by atoms with Gasteiger partial charge in [0.2, 0.25) is 5.91 Å². The number of hydrogen-bond donors (Lipinski definition) is 2. The third-order valence-electron chi connectivity index (χ3n) is 3.92. The fraction of sp³-hybridized carbons (Fsp3) is 0.667. The molecule has 0 aromatic carbocycles. The fourth-order valence-electron chi connectivity index (χ4n) is 2.75. The smallest absolute Gasteiger partial charge is 0.253 e. The summed E-state index contributed by atoms with van der Waals surface area (Å²) in [5.41, 5.74) is 0. The molecule has 6 nitrogen and oxygen atoms in total. The van der Waals surface area contributed by atoms with E-state index in [2.05, 4.69) is 10.6 Å². The van der Waals surface area contributed by atoms with E-state index in [4.69, 9.17) is 0 Å². The molecule has 0 saturated carbocycles. The molecule has 0 bridgehead atoms. The van der Waals surface area contributed by atoms with Crippen molar-refractivity contribution in [3.63, 3.8) is 0 Å². The number of thiophene rings is 1. The van der Waals surface area contributed by atoms with E-state index in [0.717, 1.165) is 11.4 Å². The van der Waals surface area contributed by atoms with Crippen LogP contribution >= 0.6 is 11.3 Å². The van der Waals surface area contributed by atoms with Crippen LogP contribution < -0.4 is 10.6 Å². The molecule has 8 heteroatoms. The van der Waals surface area contributed by atoms with Crippen LogP contribution in [0.15, 0.2) is 16.3 Å². The standard InChI is InChI=1S/C15H25N3O3S2/c1-4-16-11(2)10-17-15(19)13-6-5-9-18(13)23(20,21)14-8-7-12(3)22-14/h7-8,11,13,16H,4-6,9-10H2,1-3H3,(H,17,19)/t11-,13?/m1/s1. The molecular weight excluding hydrogens is 334 g/mol. The maximum Gasteiger partial charge on any atom is 0.253 e. The van der Waals surface area contributed by atoms with Crippen molar-refractivity contribution in [3.8, 4) is 0 Å². The average Bonchev–Trinajstić information content (AvgIpc) is 3.14. The summed E-state index contributed by atoms with van der Waals surface area (Å²) in [6.45, 7) is 7.60. The molecule has 1 saturated heterocycles. The molecule has 1 unspecified atom stereocenters. The van der Waals surface area contributed by atoms with Crippen LogP contribution in [0.2, 0.25) is 0 Å². The van der Waals surface area contributed by atoms with E-state index in [1.165, 1.54) is 15.6 Å². The van der Waals surface area contributed by atoms with Gasteiger partial charge in [-0.3, -0.25) is 4.79 Å². The predicted octanol–water partition coefficient (Wildman–Crippen LogP) is 1.32. The summed E-state index contributed by atoms with van der Waals surface area (Å²) in [5, 5.41) is 6.08. The zero-order valence-electron chi connectivity index (χ0n) is 13.8. The fourth-order valence-corrected chi connectivity index (χ4v) is 5.82. The van der Waals surface area contributed by atoms with Crippen LogP contribution in [0, 0.1) is 6.92 Å². The number of rotatable bonds is 7. The van der Waals surface area contributed by atoms with E-state index >= 15 is 0 Å². The van der Waals surface area contributed by atoms with Crippen molar-refractivity contribution in [2.45, 2.75) is 49.9 Å². The van der Waals surface area contributed by atoms with Crippen LogP contribution in [0.25, 0.3) is 0 Å². The number of carbonyl (C=O) groups is 1. The maximum absolute atomic E-state index is 12.7. The Hall–Kier alpha value is -0.960. The van der Waals surface area contributed by atoms with Crippen LogP contribution in [0.3, 0.4) is 0 Å². The van der Waals surface area contributed by atoms with E-state index < -0.39 is 16.1 Å². The van der Waals surface area contributed by atoms with Crippen LogP contribution in [0.4, 0.5) is 0 Å². The first kappa shape index (κ1) is 18.4. The SMILES string of the molecule is CCN[C@H](C)CNC(=O)C1CCCN1S(=O)(=O)c1ccc(C)s1. The zero-order chi connectivity index (χ0) is 17.0. The monoisotopic (exact) mass is 359 g/mol. The van der Waals surface area contributed by atoms with Gasteiger partial charge < -0.3 is 10.6 Å². The van der Waals surface area contributed by atoms with Gasteiger partial charge in [0.1, 0.15) is 10.3 Å². The molecule has 0 spiro atoms. The van der Waals surface area contributed by atoms with E-state index in [1.807, 2.05) is 20.8 Å². The Morgan fingerprint density at radius 1 is 1.48 bits per heavy atom. The summed E-state index contributed by atoms with van der Waals surface area (Å²) >= 11 is 1.25. The molecule has 1 aromatic rings. The lowest BCUT2D eigenvalue weighted by atomic mass is 10.2. The molecule has 2 N–H and O–H groups in total. The number of carbonyl (C=O) groups excluding carboxylic acids is 1. The van der Waals surface area contributed by atoms with Gasteiger partial charge in [-0.15, -0.1) is 11.3 Å². The Bertz CT molecular complexity index is 642. The third-order valence-corrected chi connectivity index (χ3v) is 7.30. The molecule has 23 heavy (non-hydrogen) atoms. The number of sulfonamides is 1. The first-order valence-corrected chi connectivity index (χ1v) is 10.2. The van der Waals surface area contributed by atoms with Gasteiger partial charge in [-0.1, -0.05) is 6.92 Å². The van der Waals surface area contributed by atoms with Crippen molar-refractivity contribution < 1.29 is 13.2 Å². The molecular formula is C15H25N3O3S2. The summed E-state index contributed by atoms with van der Waals surface area (Å²) in [4.78, 5) is 13.4. The maximum atomic E-state index is 12.7. The highest BCUT2D eigenvalue weighted by molar-refractivity contribution is 7.91. The third kappa shape index (κ3) is 4.32. The predicted molar refractivity (Wildman–Crippen MR) is 92.1 cm³/mol. The molecule has 0 radical (unpaired) electrons. The molecule has 2 atom stereocenters. The minimum absolute atomic E-state index is 0.162. The van der Waals surface area contributed by atoms with Crippen molar-refractivity contribution in [3.05, 3.63) is 17.0 Å². The van der Waals surface area contributed by atoms with Crippen molar-refractivity contribution in [2.75, 3.05) is 19.6 Å². The topological polar surface area (TPSA) is 78.5 Å². The van der Waals surface area contributed by atoms with E-state index in [-0.39, 0.29) is 11.9 Å². The van der Waals surface area contributed by atoms with Crippen molar-refractivity contribution in [2.24, 2.45) is 0 Å². The second kappa shape index (κ2) is 7.74. The normalized spacial score (nSPS) is 20.6. The quantitative estimate of drug-likeness (QED) is 0.770.